The fourth-order valence-corrected chi connectivity index (χ4v) is 2.31. The quantitative estimate of drug-likeness (QED) is 0.896. The number of carbonyl (C=O) groups excluding carboxylic acids is 2. The van der Waals surface area contributed by atoms with Crippen LogP contribution in [0.3, 0.4) is 0 Å². The molecule has 0 aromatic heterocycles. The number of hydrogen-bond donors (Lipinski definition) is 1. The Kier molecular flexibility index (Phi) is 3.35. The van der Waals surface area contributed by atoms with Crippen molar-refractivity contribution in [1.82, 2.24) is 5.43 Å². The van der Waals surface area contributed by atoms with Crippen LogP contribution in [0.2, 0.25) is 0 Å². The molecule has 2 heterocycles. The van der Waals surface area contributed by atoms with E-state index in [1.165, 1.54) is 6.08 Å². The number of nitrogens with zero attached hydrogens (tertiary/aromatic N) is 2. The SMILES string of the molecule is Cc1cc(C2=NNC(=O)OC2)ccc1C1C=CC(=O)N=C1. The van der Waals surface area contributed by atoms with E-state index in [1.807, 2.05) is 31.2 Å². The molecule has 6 heteroatoms. The number of allylic oxidation sites excluding steroid dienone is 1. The van der Waals surface area contributed by atoms with Crippen molar-refractivity contribution in [3.05, 3.63) is 47.0 Å². The summed E-state index contributed by atoms with van der Waals surface area (Å²) in [5.41, 5.74) is 5.99. The van der Waals surface area contributed by atoms with E-state index in [2.05, 4.69) is 15.5 Å². The molecule has 3 rings (SSSR count). The maximum Gasteiger partial charge on any atom is 0.428 e. The molecule has 0 saturated carbocycles. The molecule has 1 aromatic rings. The van der Waals surface area contributed by atoms with Gasteiger partial charge < -0.3 is 4.74 Å². The van der Waals surface area contributed by atoms with E-state index in [9.17, 15) is 9.59 Å². The molecule has 0 fully saturated rings. The van der Waals surface area contributed by atoms with Gasteiger partial charge in [-0.15, -0.1) is 0 Å². The Bertz CT molecular complexity index is 688. The molecular weight excluding hydrogens is 270 g/mol. The smallest absolute Gasteiger partial charge is 0.428 e. The molecule has 2 aliphatic rings. The van der Waals surface area contributed by atoms with Crippen LogP contribution < -0.4 is 5.43 Å². The van der Waals surface area contributed by atoms with Crippen LogP contribution in [-0.4, -0.2) is 30.5 Å². The lowest BCUT2D eigenvalue weighted by Gasteiger charge is -2.17. The number of cyclic esters (lactones) is 1. The van der Waals surface area contributed by atoms with Gasteiger partial charge in [-0.3, -0.25) is 4.79 Å². The first-order chi connectivity index (χ1) is 10.1. The van der Waals surface area contributed by atoms with Crippen molar-refractivity contribution in [2.45, 2.75) is 12.8 Å². The molecule has 0 aliphatic carbocycles. The minimum absolute atomic E-state index is 0.000924. The number of carbonyl (C=O) groups is 2. The molecule has 21 heavy (non-hydrogen) atoms. The van der Waals surface area contributed by atoms with Gasteiger partial charge in [0.2, 0.25) is 0 Å². The van der Waals surface area contributed by atoms with Crippen molar-refractivity contribution in [2.75, 3.05) is 6.61 Å². The minimum atomic E-state index is -0.541. The number of aliphatic imine (C=N–C) groups is 1. The highest BCUT2D eigenvalue weighted by Crippen LogP contribution is 2.23. The van der Waals surface area contributed by atoms with E-state index >= 15 is 0 Å². The summed E-state index contributed by atoms with van der Waals surface area (Å²) in [5.74, 6) is -0.231. The Balaban J connectivity index is 1.87. The van der Waals surface area contributed by atoms with Crippen molar-refractivity contribution in [2.24, 2.45) is 10.1 Å². The molecule has 1 N–H and O–H groups in total. The number of aryl methyl sites for hydroxylation is 1. The zero-order valence-corrected chi connectivity index (χ0v) is 11.4. The first kappa shape index (κ1) is 13.2. The summed E-state index contributed by atoms with van der Waals surface area (Å²) in [6, 6.07) is 5.87. The van der Waals surface area contributed by atoms with Crippen molar-refractivity contribution < 1.29 is 14.3 Å². The van der Waals surface area contributed by atoms with Crippen LogP contribution in [0.1, 0.15) is 22.6 Å². The van der Waals surface area contributed by atoms with Gasteiger partial charge in [0.25, 0.3) is 5.91 Å². The molecule has 0 bridgehead atoms. The van der Waals surface area contributed by atoms with Gasteiger partial charge in [-0.1, -0.05) is 18.2 Å². The van der Waals surface area contributed by atoms with E-state index in [4.69, 9.17) is 4.74 Å². The highest BCUT2D eigenvalue weighted by Gasteiger charge is 2.17. The molecule has 106 valence electrons. The second-order valence-corrected chi connectivity index (χ2v) is 4.82. The molecular formula is C15H13N3O3. The highest BCUT2D eigenvalue weighted by atomic mass is 16.6. The summed E-state index contributed by atoms with van der Waals surface area (Å²) in [5, 5.41) is 3.98. The molecule has 2 aliphatic heterocycles. The van der Waals surface area contributed by atoms with Crippen LogP contribution in [0.4, 0.5) is 4.79 Å². The topological polar surface area (TPSA) is 80.1 Å². The lowest BCUT2D eigenvalue weighted by Crippen LogP contribution is -2.30. The van der Waals surface area contributed by atoms with Gasteiger partial charge in [-0.2, -0.15) is 5.10 Å². The van der Waals surface area contributed by atoms with Crippen LogP contribution in [-0.2, 0) is 9.53 Å². The van der Waals surface area contributed by atoms with E-state index in [0.29, 0.717) is 5.71 Å². The number of amides is 2. The van der Waals surface area contributed by atoms with Gasteiger partial charge in [0.05, 0.1) is 0 Å². The maximum absolute atomic E-state index is 11.1. The number of dihydropyridines is 1. The van der Waals surface area contributed by atoms with Gasteiger partial charge in [0, 0.05) is 23.8 Å². The summed E-state index contributed by atoms with van der Waals surface area (Å²) >= 11 is 0. The number of ether oxygens (including phenoxy) is 1. The molecule has 0 saturated heterocycles. The maximum atomic E-state index is 11.1. The standard InChI is InChI=1S/C15H13N3O3/c1-9-6-10(13-8-21-15(20)18-17-13)2-4-12(9)11-3-5-14(19)16-7-11/h2-7,11H,8H2,1H3,(H,18,20). The van der Waals surface area contributed by atoms with Crippen molar-refractivity contribution >= 4 is 23.9 Å². The molecule has 6 nitrogen and oxygen atoms in total. The Labute approximate surface area is 121 Å². The van der Waals surface area contributed by atoms with Crippen molar-refractivity contribution in [3.8, 4) is 0 Å². The lowest BCUT2D eigenvalue weighted by atomic mass is 9.92. The largest absolute Gasteiger partial charge is 0.442 e. The van der Waals surface area contributed by atoms with Crippen LogP contribution in [0.5, 0.6) is 0 Å². The third kappa shape index (κ3) is 2.74. The fraction of sp³-hybridized carbons (Fsp3) is 0.200. The normalized spacial score (nSPS) is 20.8. The van der Waals surface area contributed by atoms with Gasteiger partial charge in [0.1, 0.15) is 12.3 Å². The van der Waals surface area contributed by atoms with Crippen LogP contribution in [0.15, 0.2) is 40.4 Å². The van der Waals surface area contributed by atoms with E-state index in [0.717, 1.165) is 16.7 Å². The minimum Gasteiger partial charge on any atom is -0.442 e. The van der Waals surface area contributed by atoms with Crippen LogP contribution in [0.25, 0.3) is 0 Å². The Hall–Kier alpha value is -2.76. The molecule has 1 aromatic carbocycles. The average Bonchev–Trinajstić information content (AvgIpc) is 2.49. The van der Waals surface area contributed by atoms with Gasteiger partial charge in [-0.05, 0) is 24.1 Å². The second-order valence-electron chi connectivity index (χ2n) is 4.82. The third-order valence-corrected chi connectivity index (χ3v) is 3.39. The van der Waals surface area contributed by atoms with Gasteiger partial charge in [0.15, 0.2) is 0 Å². The second kappa shape index (κ2) is 5.32. The molecule has 1 unspecified atom stereocenters. The predicted octanol–water partition coefficient (Wildman–Crippen LogP) is 1.69. The first-order valence-electron chi connectivity index (χ1n) is 6.50. The van der Waals surface area contributed by atoms with Gasteiger partial charge >= 0.3 is 6.09 Å². The highest BCUT2D eigenvalue weighted by molar-refractivity contribution is 6.04. The number of nitrogens with one attached hydrogen (secondary N) is 1. The van der Waals surface area contributed by atoms with Crippen molar-refractivity contribution in [1.29, 1.82) is 0 Å². The summed E-state index contributed by atoms with van der Waals surface area (Å²) in [6.45, 7) is 2.14. The van der Waals surface area contributed by atoms with Crippen molar-refractivity contribution in [3.63, 3.8) is 0 Å². The molecule has 1 atom stereocenters. The Morgan fingerprint density at radius 2 is 2.19 bits per heavy atom. The number of rotatable bonds is 2. The first-order valence-corrected chi connectivity index (χ1v) is 6.50. The van der Waals surface area contributed by atoms with E-state index in [1.54, 1.807) is 6.21 Å². The summed E-state index contributed by atoms with van der Waals surface area (Å²) < 4.78 is 4.89. The number of hydrazone groups is 1. The summed E-state index contributed by atoms with van der Waals surface area (Å²) in [7, 11) is 0. The van der Waals surface area contributed by atoms with Gasteiger partial charge in [-0.25, -0.2) is 15.2 Å². The third-order valence-electron chi connectivity index (χ3n) is 3.39. The van der Waals surface area contributed by atoms with E-state index < -0.39 is 6.09 Å². The Morgan fingerprint density at radius 3 is 2.81 bits per heavy atom. The lowest BCUT2D eigenvalue weighted by molar-refractivity contribution is -0.113. The summed E-state index contributed by atoms with van der Waals surface area (Å²) in [6.07, 6.45) is 4.41. The fourth-order valence-electron chi connectivity index (χ4n) is 2.31. The molecule has 0 spiro atoms. The van der Waals surface area contributed by atoms with Crippen LogP contribution in [0, 0.1) is 6.92 Å². The Morgan fingerprint density at radius 1 is 1.33 bits per heavy atom. The summed E-state index contributed by atoms with van der Waals surface area (Å²) in [4.78, 5) is 25.8. The zero-order valence-electron chi connectivity index (χ0n) is 11.4. The molecule has 2 amide bonds. The predicted molar refractivity (Wildman–Crippen MR) is 77.6 cm³/mol. The molecule has 0 radical (unpaired) electrons. The van der Waals surface area contributed by atoms with Crippen LogP contribution >= 0.6 is 0 Å². The zero-order chi connectivity index (χ0) is 14.8. The number of hydrogen-bond acceptors (Lipinski definition) is 4. The average molecular weight is 283 g/mol. The monoisotopic (exact) mass is 283 g/mol. The number of benzene rings is 1. The van der Waals surface area contributed by atoms with E-state index in [-0.39, 0.29) is 18.4 Å².